The third kappa shape index (κ3) is 3.89. The Morgan fingerprint density at radius 2 is 2.27 bits per heavy atom. The van der Waals surface area contributed by atoms with Gasteiger partial charge in [0, 0.05) is 10.9 Å². The van der Waals surface area contributed by atoms with Crippen LogP contribution in [0.1, 0.15) is 31.8 Å². The number of aromatic amines is 1. The van der Waals surface area contributed by atoms with Crippen molar-refractivity contribution in [1.82, 2.24) is 9.97 Å². The first-order valence-electron chi connectivity index (χ1n) is 4.91. The molecule has 1 aromatic heterocycles. The summed E-state index contributed by atoms with van der Waals surface area (Å²) < 4.78 is 1.54. The summed E-state index contributed by atoms with van der Waals surface area (Å²) in [4.78, 5) is 7.58. The SMILES string of the molecule is CCC(C)SCc1nc(=S)c(Br)c(C)[nH]1. The number of aromatic nitrogens is 2. The van der Waals surface area contributed by atoms with Crippen molar-refractivity contribution in [3.05, 3.63) is 20.6 Å². The molecule has 1 N–H and O–H groups in total. The molecular formula is C10H15BrN2S2. The van der Waals surface area contributed by atoms with Gasteiger partial charge in [-0.15, -0.1) is 0 Å². The molecule has 0 aliphatic carbocycles. The third-order valence-electron chi connectivity index (χ3n) is 2.16. The number of thioether (sulfide) groups is 1. The fourth-order valence-corrected chi connectivity index (χ4v) is 2.30. The minimum Gasteiger partial charge on any atom is -0.346 e. The number of hydrogen-bond donors (Lipinski definition) is 1. The number of rotatable bonds is 4. The van der Waals surface area contributed by atoms with Crippen LogP contribution in [-0.2, 0) is 5.75 Å². The van der Waals surface area contributed by atoms with Crippen LogP contribution in [-0.4, -0.2) is 15.2 Å². The molecule has 0 spiro atoms. The van der Waals surface area contributed by atoms with E-state index in [0.717, 1.165) is 21.7 Å². The average Bonchev–Trinajstić information content (AvgIpc) is 2.22. The monoisotopic (exact) mass is 306 g/mol. The lowest BCUT2D eigenvalue weighted by Gasteiger charge is -2.08. The van der Waals surface area contributed by atoms with Crippen LogP contribution in [0.2, 0.25) is 0 Å². The topological polar surface area (TPSA) is 28.7 Å². The van der Waals surface area contributed by atoms with E-state index in [4.69, 9.17) is 12.2 Å². The molecule has 0 fully saturated rings. The molecular weight excluding hydrogens is 292 g/mol. The van der Waals surface area contributed by atoms with Gasteiger partial charge in [-0.1, -0.05) is 26.1 Å². The highest BCUT2D eigenvalue weighted by Crippen LogP contribution is 2.20. The van der Waals surface area contributed by atoms with Crippen LogP contribution in [0.5, 0.6) is 0 Å². The van der Waals surface area contributed by atoms with E-state index in [-0.39, 0.29) is 0 Å². The molecule has 1 heterocycles. The molecule has 0 radical (unpaired) electrons. The number of H-pyrrole nitrogens is 1. The predicted molar refractivity (Wildman–Crippen MR) is 72.9 cm³/mol. The highest BCUT2D eigenvalue weighted by Gasteiger charge is 2.04. The number of hydrogen-bond acceptors (Lipinski definition) is 3. The van der Waals surface area contributed by atoms with Crippen molar-refractivity contribution < 1.29 is 0 Å². The first-order chi connectivity index (χ1) is 7.04. The quantitative estimate of drug-likeness (QED) is 0.843. The number of nitrogens with one attached hydrogen (secondary N) is 1. The maximum Gasteiger partial charge on any atom is 0.144 e. The van der Waals surface area contributed by atoms with Crippen molar-refractivity contribution in [2.24, 2.45) is 0 Å². The van der Waals surface area contributed by atoms with Crippen molar-refractivity contribution >= 4 is 39.9 Å². The van der Waals surface area contributed by atoms with Gasteiger partial charge in [0.25, 0.3) is 0 Å². The molecule has 0 saturated carbocycles. The van der Waals surface area contributed by atoms with Gasteiger partial charge >= 0.3 is 0 Å². The van der Waals surface area contributed by atoms with Gasteiger partial charge in [0.05, 0.1) is 10.2 Å². The zero-order valence-corrected chi connectivity index (χ0v) is 12.4. The highest BCUT2D eigenvalue weighted by molar-refractivity contribution is 9.10. The minimum absolute atomic E-state index is 0.644. The van der Waals surface area contributed by atoms with Crippen molar-refractivity contribution in [2.45, 2.75) is 38.2 Å². The Kier molecular flexibility index (Phi) is 5.29. The summed E-state index contributed by atoms with van der Waals surface area (Å²) in [5.41, 5.74) is 1.05. The van der Waals surface area contributed by atoms with Crippen LogP contribution in [0.15, 0.2) is 4.47 Å². The Morgan fingerprint density at radius 1 is 1.60 bits per heavy atom. The predicted octanol–water partition coefficient (Wildman–Crippen LogP) is 4.24. The standard InChI is InChI=1S/C10H15BrN2S2/c1-4-6(2)15-5-8-12-7(3)9(11)10(14)13-8/h6H,4-5H2,1-3H3,(H,12,13,14). The van der Waals surface area contributed by atoms with Crippen LogP contribution in [0.25, 0.3) is 0 Å². The van der Waals surface area contributed by atoms with Gasteiger partial charge in [-0.2, -0.15) is 11.8 Å². The van der Waals surface area contributed by atoms with Gasteiger partial charge in [0.1, 0.15) is 10.5 Å². The zero-order valence-electron chi connectivity index (χ0n) is 9.13. The summed E-state index contributed by atoms with van der Waals surface area (Å²) >= 11 is 10.4. The van der Waals surface area contributed by atoms with Crippen LogP contribution in [0, 0.1) is 11.6 Å². The van der Waals surface area contributed by atoms with Crippen molar-refractivity contribution in [3.8, 4) is 0 Å². The highest BCUT2D eigenvalue weighted by atomic mass is 79.9. The van der Waals surface area contributed by atoms with E-state index >= 15 is 0 Å². The second-order valence-electron chi connectivity index (χ2n) is 3.46. The molecule has 1 aromatic rings. The lowest BCUT2D eigenvalue weighted by Crippen LogP contribution is -2.00. The van der Waals surface area contributed by atoms with E-state index in [0.29, 0.717) is 9.89 Å². The fourth-order valence-electron chi connectivity index (χ4n) is 1.04. The van der Waals surface area contributed by atoms with E-state index in [1.54, 1.807) is 0 Å². The maximum atomic E-state index is 5.15. The van der Waals surface area contributed by atoms with Gasteiger partial charge in [-0.25, -0.2) is 4.98 Å². The number of halogens is 1. The zero-order chi connectivity index (χ0) is 11.4. The van der Waals surface area contributed by atoms with Gasteiger partial charge in [0.2, 0.25) is 0 Å². The molecule has 0 amide bonds. The Balaban J connectivity index is 2.75. The molecule has 0 saturated heterocycles. The molecule has 15 heavy (non-hydrogen) atoms. The fraction of sp³-hybridized carbons (Fsp3) is 0.600. The molecule has 1 rings (SSSR count). The lowest BCUT2D eigenvalue weighted by atomic mass is 10.4. The molecule has 0 aliphatic heterocycles. The van der Waals surface area contributed by atoms with Crippen molar-refractivity contribution in [2.75, 3.05) is 0 Å². The Bertz CT molecular complexity index is 389. The van der Waals surface area contributed by atoms with Gasteiger partial charge < -0.3 is 4.98 Å². The van der Waals surface area contributed by atoms with Gasteiger partial charge in [0.15, 0.2) is 0 Å². The van der Waals surface area contributed by atoms with E-state index in [1.165, 1.54) is 6.42 Å². The summed E-state index contributed by atoms with van der Waals surface area (Å²) in [6.45, 7) is 6.42. The van der Waals surface area contributed by atoms with Gasteiger partial charge in [-0.05, 0) is 29.3 Å². The second-order valence-corrected chi connectivity index (χ2v) is 6.06. The summed E-state index contributed by atoms with van der Waals surface area (Å²) in [5.74, 6) is 1.86. The number of nitrogens with zero attached hydrogens (tertiary/aromatic N) is 1. The molecule has 84 valence electrons. The molecule has 1 unspecified atom stereocenters. The van der Waals surface area contributed by atoms with Crippen LogP contribution < -0.4 is 0 Å². The third-order valence-corrected chi connectivity index (χ3v) is 5.04. The summed E-state index contributed by atoms with van der Waals surface area (Å²) in [5, 5.41) is 0.665. The Hall–Kier alpha value is 0.130. The smallest absolute Gasteiger partial charge is 0.144 e. The van der Waals surface area contributed by atoms with Crippen LogP contribution in [0.4, 0.5) is 0 Å². The Labute approximate surface area is 108 Å². The van der Waals surface area contributed by atoms with Crippen molar-refractivity contribution in [1.29, 1.82) is 0 Å². The van der Waals surface area contributed by atoms with E-state index in [1.807, 2.05) is 18.7 Å². The molecule has 1 atom stereocenters. The van der Waals surface area contributed by atoms with Crippen molar-refractivity contribution in [3.63, 3.8) is 0 Å². The van der Waals surface area contributed by atoms with E-state index in [9.17, 15) is 0 Å². The summed E-state index contributed by atoms with van der Waals surface area (Å²) in [6, 6.07) is 0. The summed E-state index contributed by atoms with van der Waals surface area (Å²) in [6.07, 6.45) is 1.18. The van der Waals surface area contributed by atoms with E-state index in [2.05, 4.69) is 39.7 Å². The normalized spacial score (nSPS) is 12.8. The average molecular weight is 307 g/mol. The number of aryl methyl sites for hydroxylation is 1. The molecule has 0 bridgehead atoms. The van der Waals surface area contributed by atoms with E-state index < -0.39 is 0 Å². The molecule has 5 heteroatoms. The first kappa shape index (κ1) is 13.2. The minimum atomic E-state index is 0.644. The molecule has 0 aliphatic rings. The lowest BCUT2D eigenvalue weighted by molar-refractivity contribution is 0.898. The first-order valence-corrected chi connectivity index (χ1v) is 7.16. The second kappa shape index (κ2) is 6.01. The maximum absolute atomic E-state index is 5.15. The van der Waals surface area contributed by atoms with Gasteiger partial charge in [-0.3, -0.25) is 0 Å². The van der Waals surface area contributed by atoms with Crippen LogP contribution >= 0.6 is 39.9 Å². The molecule has 2 nitrogen and oxygen atoms in total. The van der Waals surface area contributed by atoms with Crippen LogP contribution in [0.3, 0.4) is 0 Å². The Morgan fingerprint density at radius 3 is 2.80 bits per heavy atom. The molecule has 0 aromatic carbocycles. The summed E-state index contributed by atoms with van der Waals surface area (Å²) in [7, 11) is 0. The largest absolute Gasteiger partial charge is 0.346 e.